The van der Waals surface area contributed by atoms with Crippen molar-refractivity contribution < 1.29 is 9.53 Å². The number of esters is 1. The Labute approximate surface area is 163 Å². The van der Waals surface area contributed by atoms with E-state index in [0.29, 0.717) is 0 Å². The average Bonchev–Trinajstić information content (AvgIpc) is 3.35. The summed E-state index contributed by atoms with van der Waals surface area (Å²) in [5.41, 5.74) is 5.45. The van der Waals surface area contributed by atoms with Gasteiger partial charge in [-0.25, -0.2) is 0 Å². The van der Waals surface area contributed by atoms with Crippen LogP contribution in [-0.4, -0.2) is 25.9 Å². The zero-order chi connectivity index (χ0) is 19.2. The first-order valence-electron chi connectivity index (χ1n) is 11.3. The van der Waals surface area contributed by atoms with Crippen LogP contribution in [0, 0.1) is 11.8 Å². The Morgan fingerprint density at radius 1 is 0.962 bits per heavy atom. The molecule has 1 aliphatic carbocycles. The van der Waals surface area contributed by atoms with E-state index in [-0.39, 0.29) is 0 Å². The molecule has 0 spiro atoms. The van der Waals surface area contributed by atoms with Gasteiger partial charge in [-0.1, -0.05) is 90.4 Å². The summed E-state index contributed by atoms with van der Waals surface area (Å²) >= 11 is 0. The maximum Gasteiger partial charge on any atom is 0.322 e. The van der Waals surface area contributed by atoms with E-state index in [9.17, 15) is 4.79 Å². The van der Waals surface area contributed by atoms with Crippen LogP contribution in [0.2, 0.25) is 0 Å². The lowest BCUT2D eigenvalue weighted by Gasteiger charge is -2.15. The first kappa shape index (κ1) is 23.5. The topological polar surface area (TPSA) is 52.3 Å². The fraction of sp³-hybridized carbons (Fsp3) is 0.955. The number of ether oxygens (including phenoxy) is 1. The van der Waals surface area contributed by atoms with Gasteiger partial charge >= 0.3 is 5.97 Å². The van der Waals surface area contributed by atoms with Gasteiger partial charge in [0, 0.05) is 0 Å². The molecule has 1 saturated carbocycles. The van der Waals surface area contributed by atoms with Gasteiger partial charge in [-0.3, -0.25) is 4.79 Å². The Bertz CT molecular complexity index is 362. The molecule has 1 fully saturated rings. The lowest BCUT2D eigenvalue weighted by molar-refractivity contribution is -0.146. The van der Waals surface area contributed by atoms with E-state index in [0.717, 1.165) is 24.7 Å². The minimum Gasteiger partial charge on any atom is -0.472 e. The van der Waals surface area contributed by atoms with Crippen molar-refractivity contribution in [3.63, 3.8) is 0 Å². The van der Waals surface area contributed by atoms with Gasteiger partial charge in [-0.15, -0.1) is 0 Å². The number of carbonyl (C=O) groups excluding carboxylic acids is 1. The van der Waals surface area contributed by atoms with Crippen LogP contribution in [0.15, 0.2) is 0 Å². The second-order valence-corrected chi connectivity index (χ2v) is 8.42. The first-order valence-corrected chi connectivity index (χ1v) is 11.3. The van der Waals surface area contributed by atoms with Gasteiger partial charge in [0.2, 0.25) is 0 Å². The van der Waals surface area contributed by atoms with Crippen molar-refractivity contribution in [1.29, 1.82) is 0 Å². The van der Waals surface area contributed by atoms with Crippen LogP contribution in [0.3, 0.4) is 0 Å². The van der Waals surface area contributed by atoms with Crippen LogP contribution in [-0.2, 0) is 9.53 Å². The van der Waals surface area contributed by atoms with Gasteiger partial charge in [0.05, 0.1) is 6.00 Å². The minimum absolute atomic E-state index is 0.405. The monoisotopic (exact) mass is 363 g/mol. The second-order valence-electron chi connectivity index (χ2n) is 8.42. The van der Waals surface area contributed by atoms with Crippen molar-refractivity contribution in [2.45, 2.75) is 122 Å². The highest BCUT2D eigenvalue weighted by Crippen LogP contribution is 2.45. The van der Waals surface area contributed by atoms with Gasteiger partial charge in [0.25, 0.3) is 0 Å². The summed E-state index contributed by atoms with van der Waals surface area (Å²) in [4.78, 5) is 11.3. The van der Waals surface area contributed by atoms with Crippen LogP contribution >= 0.6 is 0 Å². The fourth-order valence-corrected chi connectivity index (χ4v) is 3.80. The van der Waals surface area contributed by atoms with E-state index >= 15 is 0 Å². The third kappa shape index (κ3) is 12.0. The van der Waals surface area contributed by atoms with E-state index in [2.05, 4.69) is 6.92 Å². The molecule has 0 aromatic carbocycles. The molecule has 0 aromatic rings. The molecule has 0 saturated heterocycles. The molecule has 3 nitrogen and oxygen atoms in total. The fourth-order valence-electron chi connectivity index (χ4n) is 3.80. The molecule has 0 heterocycles. The molecule has 26 heavy (non-hydrogen) atoms. The molecule has 0 aliphatic heterocycles. The number of rotatable bonds is 17. The molecule has 1 aliphatic rings. The minimum atomic E-state index is -0.589. The van der Waals surface area contributed by atoms with Gasteiger partial charge in [-0.05, 0) is 31.6 Å². The van der Waals surface area contributed by atoms with Gasteiger partial charge in [-0.2, -0.15) is 0 Å². The van der Waals surface area contributed by atoms with Crippen molar-refractivity contribution in [1.82, 2.24) is 0 Å². The molecule has 2 radical (unpaired) electrons. The largest absolute Gasteiger partial charge is 0.472 e. The SMILES string of the molecule is [B]C(CCCCCCCC1CC1CCCCCCCC)OC(=O)C(C)N. The van der Waals surface area contributed by atoms with Crippen LogP contribution < -0.4 is 5.73 Å². The summed E-state index contributed by atoms with van der Waals surface area (Å²) in [5, 5.41) is 0. The summed E-state index contributed by atoms with van der Waals surface area (Å²) in [6, 6.07) is -1.09. The quantitative estimate of drug-likeness (QED) is 0.211. The van der Waals surface area contributed by atoms with E-state index in [4.69, 9.17) is 18.3 Å². The summed E-state index contributed by atoms with van der Waals surface area (Å²) in [7, 11) is 5.79. The molecule has 150 valence electrons. The highest BCUT2D eigenvalue weighted by molar-refractivity contribution is 6.11. The van der Waals surface area contributed by atoms with Crippen LogP contribution in [0.5, 0.6) is 0 Å². The Morgan fingerprint density at radius 3 is 2.00 bits per heavy atom. The smallest absolute Gasteiger partial charge is 0.322 e. The molecule has 0 amide bonds. The van der Waals surface area contributed by atoms with Crippen molar-refractivity contribution in [3.05, 3.63) is 0 Å². The first-order chi connectivity index (χ1) is 12.5. The summed E-state index contributed by atoms with van der Waals surface area (Å²) in [5.74, 6) is 1.69. The standard InChI is InChI=1S/C22H42BNO2/c1-3-4-5-6-8-11-14-19-17-20(19)15-12-9-7-10-13-16-21(23)26-22(25)18(2)24/h18-21H,3-17,24H2,1-2H3. The molecular weight excluding hydrogens is 321 g/mol. The molecule has 2 N–H and O–H groups in total. The molecule has 4 atom stereocenters. The van der Waals surface area contributed by atoms with E-state index in [1.54, 1.807) is 6.92 Å². The van der Waals surface area contributed by atoms with Crippen molar-refractivity contribution in [3.8, 4) is 0 Å². The maximum absolute atomic E-state index is 11.3. The predicted octanol–water partition coefficient (Wildman–Crippen LogP) is 5.49. The molecular formula is C22H42BNO2. The van der Waals surface area contributed by atoms with Crippen LogP contribution in [0.25, 0.3) is 0 Å². The number of hydrogen-bond acceptors (Lipinski definition) is 3. The Hall–Kier alpha value is -0.505. The van der Waals surface area contributed by atoms with Crippen molar-refractivity contribution in [2.75, 3.05) is 0 Å². The molecule has 0 bridgehead atoms. The number of carbonyl (C=O) groups is 1. The number of hydrogen-bond donors (Lipinski definition) is 1. The zero-order valence-electron chi connectivity index (χ0n) is 17.4. The molecule has 1 rings (SSSR count). The molecule has 0 aromatic heterocycles. The van der Waals surface area contributed by atoms with E-state index < -0.39 is 18.0 Å². The molecule has 4 unspecified atom stereocenters. The predicted molar refractivity (Wildman–Crippen MR) is 111 cm³/mol. The normalized spacial score (nSPS) is 21.3. The van der Waals surface area contributed by atoms with Crippen molar-refractivity contribution in [2.24, 2.45) is 17.6 Å². The third-order valence-electron chi connectivity index (χ3n) is 5.70. The average molecular weight is 363 g/mol. The van der Waals surface area contributed by atoms with E-state index in [1.807, 2.05) is 0 Å². The highest BCUT2D eigenvalue weighted by Gasteiger charge is 2.34. The lowest BCUT2D eigenvalue weighted by atomic mass is 9.93. The zero-order valence-corrected chi connectivity index (χ0v) is 17.4. The number of nitrogens with two attached hydrogens (primary N) is 1. The Balaban J connectivity index is 1.82. The molecule has 4 heteroatoms. The summed E-state index contributed by atoms with van der Waals surface area (Å²) in [6.07, 6.45) is 19.9. The summed E-state index contributed by atoms with van der Waals surface area (Å²) < 4.78 is 5.06. The van der Waals surface area contributed by atoms with Gasteiger partial charge in [0.15, 0.2) is 0 Å². The Morgan fingerprint density at radius 2 is 1.46 bits per heavy atom. The van der Waals surface area contributed by atoms with Crippen molar-refractivity contribution >= 4 is 13.8 Å². The number of unbranched alkanes of at least 4 members (excludes halogenated alkanes) is 9. The van der Waals surface area contributed by atoms with Gasteiger partial charge in [0.1, 0.15) is 13.9 Å². The van der Waals surface area contributed by atoms with Crippen LogP contribution in [0.1, 0.15) is 110 Å². The second kappa shape index (κ2) is 14.5. The Kier molecular flexibility index (Phi) is 13.2. The van der Waals surface area contributed by atoms with Gasteiger partial charge < -0.3 is 10.5 Å². The summed E-state index contributed by atoms with van der Waals surface area (Å²) in [6.45, 7) is 3.90. The lowest BCUT2D eigenvalue weighted by Crippen LogP contribution is -2.32. The highest BCUT2D eigenvalue weighted by atomic mass is 16.5. The van der Waals surface area contributed by atoms with E-state index in [1.165, 1.54) is 83.5 Å². The third-order valence-corrected chi connectivity index (χ3v) is 5.70. The maximum atomic E-state index is 11.3. The van der Waals surface area contributed by atoms with Crippen LogP contribution in [0.4, 0.5) is 0 Å².